The third-order valence-electron chi connectivity index (χ3n) is 2.99. The van der Waals surface area contributed by atoms with Gasteiger partial charge in [-0.15, -0.1) is 6.58 Å². The molecule has 0 aliphatic rings. The molecule has 1 amide bonds. The summed E-state index contributed by atoms with van der Waals surface area (Å²) >= 11 is 5.99. The Bertz CT molecular complexity index is 714. The van der Waals surface area contributed by atoms with Gasteiger partial charge in [0, 0.05) is 10.6 Å². The number of carbonyl (C=O) groups excluding carboxylic acids is 1. The van der Waals surface area contributed by atoms with Crippen molar-refractivity contribution in [3.8, 4) is 5.75 Å². The first kappa shape index (κ1) is 16.8. The Morgan fingerprint density at radius 1 is 1.22 bits per heavy atom. The molecule has 0 atom stereocenters. The molecule has 0 saturated carbocycles. The lowest BCUT2D eigenvalue weighted by molar-refractivity contribution is -0.123. The van der Waals surface area contributed by atoms with E-state index >= 15 is 0 Å². The maximum Gasteiger partial charge on any atom is 0.277 e. The van der Waals surface area contributed by atoms with Crippen LogP contribution in [0.4, 0.5) is 0 Å². The molecule has 0 radical (unpaired) electrons. The molecule has 1 N–H and O–H groups in total. The highest BCUT2D eigenvalue weighted by molar-refractivity contribution is 6.33. The Balaban J connectivity index is 1.86. The third-order valence-corrected chi connectivity index (χ3v) is 3.34. The van der Waals surface area contributed by atoms with Crippen molar-refractivity contribution >= 4 is 23.7 Å². The zero-order chi connectivity index (χ0) is 16.5. The van der Waals surface area contributed by atoms with Crippen molar-refractivity contribution in [2.45, 2.75) is 6.42 Å². The molecule has 4 nitrogen and oxygen atoms in total. The fourth-order valence-electron chi connectivity index (χ4n) is 1.90. The fourth-order valence-corrected chi connectivity index (χ4v) is 2.08. The number of nitrogens with zero attached hydrogens (tertiary/aromatic N) is 1. The molecule has 0 aromatic heterocycles. The molecule has 0 unspecified atom stereocenters. The van der Waals surface area contributed by atoms with E-state index in [-0.39, 0.29) is 12.5 Å². The second-order valence-corrected chi connectivity index (χ2v) is 5.11. The molecule has 0 saturated heterocycles. The van der Waals surface area contributed by atoms with Crippen LogP contribution in [0.5, 0.6) is 5.75 Å². The van der Waals surface area contributed by atoms with Crippen LogP contribution in [0.3, 0.4) is 0 Å². The molecule has 118 valence electrons. The van der Waals surface area contributed by atoms with Crippen LogP contribution in [0.2, 0.25) is 5.02 Å². The van der Waals surface area contributed by atoms with Crippen molar-refractivity contribution in [3.63, 3.8) is 0 Å². The van der Waals surface area contributed by atoms with Crippen LogP contribution in [0.25, 0.3) is 0 Å². The molecule has 0 spiro atoms. The monoisotopic (exact) mass is 328 g/mol. The zero-order valence-corrected chi connectivity index (χ0v) is 13.3. The van der Waals surface area contributed by atoms with Crippen LogP contribution in [0, 0.1) is 0 Å². The van der Waals surface area contributed by atoms with Crippen molar-refractivity contribution in [1.82, 2.24) is 5.43 Å². The predicted molar refractivity (Wildman–Crippen MR) is 93.0 cm³/mol. The fraction of sp³-hybridized carbons (Fsp3) is 0.111. The first-order valence-electron chi connectivity index (χ1n) is 7.08. The number of carbonyl (C=O) groups is 1. The highest BCUT2D eigenvalue weighted by Gasteiger charge is 2.05. The second-order valence-electron chi connectivity index (χ2n) is 4.70. The summed E-state index contributed by atoms with van der Waals surface area (Å²) in [6.07, 6.45) is 3.96. The number of benzene rings is 2. The SMILES string of the molecule is C=CCc1ccccc1OCC(=O)N/N=C/c1ccccc1Cl. The number of amides is 1. The van der Waals surface area contributed by atoms with Gasteiger partial charge in [-0.25, -0.2) is 5.43 Å². The van der Waals surface area contributed by atoms with Crippen LogP contribution in [-0.4, -0.2) is 18.7 Å². The quantitative estimate of drug-likeness (QED) is 0.479. The van der Waals surface area contributed by atoms with Gasteiger partial charge in [-0.3, -0.25) is 4.79 Å². The van der Waals surface area contributed by atoms with E-state index in [0.29, 0.717) is 17.2 Å². The molecule has 23 heavy (non-hydrogen) atoms. The minimum atomic E-state index is -0.346. The molecule has 0 bridgehead atoms. The Hall–Kier alpha value is -2.59. The number of ether oxygens (including phenoxy) is 1. The summed E-state index contributed by atoms with van der Waals surface area (Å²) < 4.78 is 5.52. The highest BCUT2D eigenvalue weighted by atomic mass is 35.5. The minimum Gasteiger partial charge on any atom is -0.483 e. The second kappa shape index (κ2) is 8.76. The van der Waals surface area contributed by atoms with Gasteiger partial charge in [-0.2, -0.15) is 5.10 Å². The molecule has 2 aromatic carbocycles. The number of hydrogen-bond donors (Lipinski definition) is 1. The van der Waals surface area contributed by atoms with Gasteiger partial charge in [0.15, 0.2) is 6.61 Å². The first-order valence-corrected chi connectivity index (χ1v) is 7.46. The van der Waals surface area contributed by atoms with E-state index in [4.69, 9.17) is 16.3 Å². The van der Waals surface area contributed by atoms with Crippen LogP contribution < -0.4 is 10.2 Å². The third kappa shape index (κ3) is 5.27. The first-order chi connectivity index (χ1) is 11.2. The Morgan fingerprint density at radius 3 is 2.74 bits per heavy atom. The lowest BCUT2D eigenvalue weighted by Crippen LogP contribution is -2.24. The van der Waals surface area contributed by atoms with Gasteiger partial charge in [0.25, 0.3) is 5.91 Å². The number of nitrogens with one attached hydrogen (secondary N) is 1. The van der Waals surface area contributed by atoms with Crippen molar-refractivity contribution in [2.75, 3.05) is 6.61 Å². The summed E-state index contributed by atoms with van der Waals surface area (Å²) in [6.45, 7) is 3.59. The molecule has 0 aliphatic heterocycles. The Labute approximate surface area is 140 Å². The van der Waals surface area contributed by atoms with E-state index in [1.165, 1.54) is 6.21 Å². The molecule has 2 aromatic rings. The van der Waals surface area contributed by atoms with Crippen LogP contribution in [0.1, 0.15) is 11.1 Å². The van der Waals surface area contributed by atoms with Gasteiger partial charge in [0.05, 0.1) is 6.21 Å². The number of hydrazone groups is 1. The van der Waals surface area contributed by atoms with E-state index in [1.807, 2.05) is 36.4 Å². The van der Waals surface area contributed by atoms with Gasteiger partial charge >= 0.3 is 0 Å². The van der Waals surface area contributed by atoms with Crippen molar-refractivity contribution in [1.29, 1.82) is 0 Å². The Morgan fingerprint density at radius 2 is 1.96 bits per heavy atom. The topological polar surface area (TPSA) is 50.7 Å². The van der Waals surface area contributed by atoms with Gasteiger partial charge < -0.3 is 4.74 Å². The number of para-hydroxylation sites is 1. The van der Waals surface area contributed by atoms with Crippen LogP contribution in [-0.2, 0) is 11.2 Å². The van der Waals surface area contributed by atoms with E-state index in [9.17, 15) is 4.79 Å². The lowest BCUT2D eigenvalue weighted by Gasteiger charge is -2.09. The van der Waals surface area contributed by atoms with Gasteiger partial charge in [0.1, 0.15) is 5.75 Å². The van der Waals surface area contributed by atoms with E-state index in [1.54, 1.807) is 18.2 Å². The summed E-state index contributed by atoms with van der Waals surface area (Å²) in [4.78, 5) is 11.8. The zero-order valence-electron chi connectivity index (χ0n) is 12.5. The van der Waals surface area contributed by atoms with Gasteiger partial charge in [0.2, 0.25) is 0 Å². The van der Waals surface area contributed by atoms with E-state index in [0.717, 1.165) is 11.1 Å². The maximum absolute atomic E-state index is 11.8. The summed E-state index contributed by atoms with van der Waals surface area (Å²) in [5, 5.41) is 4.44. The summed E-state index contributed by atoms with van der Waals surface area (Å²) in [5.41, 5.74) is 4.12. The average molecular weight is 329 g/mol. The van der Waals surface area contributed by atoms with Crippen molar-refractivity contribution in [2.24, 2.45) is 5.10 Å². The van der Waals surface area contributed by atoms with E-state index in [2.05, 4.69) is 17.1 Å². The number of halogens is 1. The summed E-state index contributed by atoms with van der Waals surface area (Å²) in [7, 11) is 0. The molecule has 5 heteroatoms. The molecule has 2 rings (SSSR count). The lowest BCUT2D eigenvalue weighted by atomic mass is 10.1. The average Bonchev–Trinajstić information content (AvgIpc) is 2.56. The normalized spacial score (nSPS) is 10.5. The minimum absolute atomic E-state index is 0.117. The summed E-state index contributed by atoms with van der Waals surface area (Å²) in [5.74, 6) is 0.319. The largest absolute Gasteiger partial charge is 0.483 e. The van der Waals surface area contributed by atoms with Crippen LogP contribution >= 0.6 is 11.6 Å². The summed E-state index contributed by atoms with van der Waals surface area (Å²) in [6, 6.07) is 14.8. The predicted octanol–water partition coefficient (Wildman–Crippen LogP) is 3.60. The van der Waals surface area contributed by atoms with Crippen molar-refractivity contribution < 1.29 is 9.53 Å². The molecule has 0 heterocycles. The smallest absolute Gasteiger partial charge is 0.277 e. The number of hydrogen-bond acceptors (Lipinski definition) is 3. The standard InChI is InChI=1S/C18H17ClN2O2/c1-2-7-14-8-4-6-11-17(14)23-13-18(22)21-20-12-15-9-3-5-10-16(15)19/h2-6,8-12H,1,7,13H2,(H,21,22)/b20-12+. The molecule has 0 fully saturated rings. The van der Waals surface area contributed by atoms with Gasteiger partial charge in [-0.05, 0) is 24.1 Å². The Kier molecular flexibility index (Phi) is 6.39. The van der Waals surface area contributed by atoms with Gasteiger partial charge in [-0.1, -0.05) is 54.1 Å². The maximum atomic E-state index is 11.8. The van der Waals surface area contributed by atoms with Crippen molar-refractivity contribution in [3.05, 3.63) is 77.3 Å². The number of allylic oxidation sites excluding steroid dienone is 1. The molecular formula is C18H17ClN2O2. The molecular weight excluding hydrogens is 312 g/mol. The number of rotatable bonds is 7. The van der Waals surface area contributed by atoms with Crippen LogP contribution in [0.15, 0.2) is 66.3 Å². The van der Waals surface area contributed by atoms with E-state index < -0.39 is 0 Å². The molecule has 0 aliphatic carbocycles. The highest BCUT2D eigenvalue weighted by Crippen LogP contribution is 2.18.